The molecule has 2 rings (SSSR count). The van der Waals surface area contributed by atoms with Crippen molar-refractivity contribution in [2.45, 2.75) is 32.4 Å². The van der Waals surface area contributed by atoms with Crippen LogP contribution < -0.4 is 11.1 Å². The Hall–Kier alpha value is -1.39. The fourth-order valence-electron chi connectivity index (χ4n) is 2.77. The molecule has 0 radical (unpaired) electrons. The van der Waals surface area contributed by atoms with Crippen molar-refractivity contribution in [2.24, 2.45) is 5.73 Å². The molecule has 1 amide bonds. The third-order valence-electron chi connectivity index (χ3n) is 3.57. The van der Waals surface area contributed by atoms with Gasteiger partial charge in [-0.15, -0.1) is 0 Å². The molecule has 1 saturated heterocycles. The lowest BCUT2D eigenvalue weighted by molar-refractivity contribution is -0.122. The average Bonchev–Trinajstić information content (AvgIpc) is 2.54. The number of carbonyl (C=O) groups is 1. The number of carbonyl (C=O) groups excluding carboxylic acids is 1. The molecule has 1 fully saturated rings. The maximum Gasteiger partial charge on any atom is 0.234 e. The van der Waals surface area contributed by atoms with E-state index in [0.29, 0.717) is 6.54 Å². The Bertz CT molecular complexity index is 445. The summed E-state index contributed by atoms with van der Waals surface area (Å²) in [7, 11) is 0. The lowest BCUT2D eigenvalue weighted by atomic mass is 9.97. The van der Waals surface area contributed by atoms with Gasteiger partial charge in [0.05, 0.1) is 12.6 Å². The molecule has 1 aliphatic heterocycles. The van der Waals surface area contributed by atoms with Crippen LogP contribution in [0.15, 0.2) is 24.3 Å². The zero-order valence-electron chi connectivity index (χ0n) is 11.7. The quantitative estimate of drug-likeness (QED) is 0.859. The van der Waals surface area contributed by atoms with Crippen LogP contribution in [-0.4, -0.2) is 36.5 Å². The number of aryl methyl sites for hydroxylation is 1. The highest BCUT2D eigenvalue weighted by atomic mass is 16.2. The van der Waals surface area contributed by atoms with Gasteiger partial charge in [-0.1, -0.05) is 29.8 Å². The molecule has 1 heterocycles. The first kappa shape index (κ1) is 14.0. The van der Waals surface area contributed by atoms with Gasteiger partial charge in [-0.3, -0.25) is 9.69 Å². The Morgan fingerprint density at radius 3 is 2.89 bits per heavy atom. The highest BCUT2D eigenvalue weighted by Crippen LogP contribution is 2.25. The molecule has 1 aromatic rings. The van der Waals surface area contributed by atoms with Crippen molar-refractivity contribution >= 4 is 5.91 Å². The average molecular weight is 261 g/mol. The fraction of sp³-hybridized carbons (Fsp3) is 0.533. The third-order valence-corrected chi connectivity index (χ3v) is 3.57. The minimum absolute atomic E-state index is 0.00676. The predicted molar refractivity (Wildman–Crippen MR) is 76.8 cm³/mol. The van der Waals surface area contributed by atoms with E-state index < -0.39 is 0 Å². The van der Waals surface area contributed by atoms with E-state index in [1.807, 2.05) is 6.92 Å². The molecule has 104 valence electrons. The molecular formula is C15H23N3O. The minimum Gasteiger partial charge on any atom is -0.355 e. The standard InChI is InChI=1S/C15H23N3O/c1-11-5-3-6-13(9-11)15(12(2)16)18-8-4-7-17-14(19)10-18/h3,5-6,9,12,15H,4,7-8,10,16H2,1-2H3,(H,17,19). The van der Waals surface area contributed by atoms with Gasteiger partial charge in [-0.25, -0.2) is 0 Å². The van der Waals surface area contributed by atoms with E-state index in [-0.39, 0.29) is 18.0 Å². The normalized spacial score (nSPS) is 20.5. The number of rotatable bonds is 3. The molecule has 2 atom stereocenters. The van der Waals surface area contributed by atoms with Crippen LogP contribution in [0.4, 0.5) is 0 Å². The Morgan fingerprint density at radius 1 is 1.42 bits per heavy atom. The summed E-state index contributed by atoms with van der Waals surface area (Å²) >= 11 is 0. The van der Waals surface area contributed by atoms with Crippen LogP contribution in [0.2, 0.25) is 0 Å². The summed E-state index contributed by atoms with van der Waals surface area (Å²) < 4.78 is 0. The highest BCUT2D eigenvalue weighted by molar-refractivity contribution is 5.78. The van der Waals surface area contributed by atoms with Crippen molar-refractivity contribution in [2.75, 3.05) is 19.6 Å². The number of nitrogens with two attached hydrogens (primary N) is 1. The van der Waals surface area contributed by atoms with E-state index in [2.05, 4.69) is 41.4 Å². The van der Waals surface area contributed by atoms with Crippen LogP contribution in [-0.2, 0) is 4.79 Å². The molecule has 1 aromatic carbocycles. The molecule has 19 heavy (non-hydrogen) atoms. The molecule has 0 spiro atoms. The fourth-order valence-corrected chi connectivity index (χ4v) is 2.77. The Balaban J connectivity index is 2.26. The van der Waals surface area contributed by atoms with Gasteiger partial charge in [-0.2, -0.15) is 0 Å². The monoisotopic (exact) mass is 261 g/mol. The highest BCUT2D eigenvalue weighted by Gasteiger charge is 2.27. The molecule has 2 unspecified atom stereocenters. The van der Waals surface area contributed by atoms with Crippen LogP contribution in [0.25, 0.3) is 0 Å². The summed E-state index contributed by atoms with van der Waals surface area (Å²) in [6, 6.07) is 8.49. The van der Waals surface area contributed by atoms with E-state index in [9.17, 15) is 4.79 Å². The summed E-state index contributed by atoms with van der Waals surface area (Å²) in [5, 5.41) is 2.91. The Kier molecular flexibility index (Phi) is 4.56. The molecule has 4 nitrogen and oxygen atoms in total. The summed E-state index contributed by atoms with van der Waals surface area (Å²) in [4.78, 5) is 13.9. The van der Waals surface area contributed by atoms with E-state index in [1.54, 1.807) is 0 Å². The van der Waals surface area contributed by atoms with Crippen LogP contribution in [0.3, 0.4) is 0 Å². The topological polar surface area (TPSA) is 58.4 Å². The largest absolute Gasteiger partial charge is 0.355 e. The maximum atomic E-state index is 11.7. The van der Waals surface area contributed by atoms with Crippen molar-refractivity contribution in [1.29, 1.82) is 0 Å². The number of nitrogens with zero attached hydrogens (tertiary/aromatic N) is 1. The molecule has 4 heteroatoms. The lowest BCUT2D eigenvalue weighted by Gasteiger charge is -2.33. The smallest absolute Gasteiger partial charge is 0.234 e. The lowest BCUT2D eigenvalue weighted by Crippen LogP contribution is -2.42. The van der Waals surface area contributed by atoms with Crippen molar-refractivity contribution in [1.82, 2.24) is 10.2 Å². The van der Waals surface area contributed by atoms with Crippen molar-refractivity contribution in [3.8, 4) is 0 Å². The molecule has 0 saturated carbocycles. The number of amides is 1. The molecular weight excluding hydrogens is 238 g/mol. The minimum atomic E-state index is -0.00676. The first-order valence-corrected chi connectivity index (χ1v) is 6.91. The second-order valence-electron chi connectivity index (χ2n) is 5.39. The van der Waals surface area contributed by atoms with E-state index >= 15 is 0 Å². The van der Waals surface area contributed by atoms with Gasteiger partial charge in [-0.05, 0) is 25.8 Å². The Morgan fingerprint density at radius 2 is 2.21 bits per heavy atom. The SMILES string of the molecule is Cc1cccc(C(C(C)N)N2CCCNC(=O)C2)c1. The van der Waals surface area contributed by atoms with Crippen LogP contribution >= 0.6 is 0 Å². The van der Waals surface area contributed by atoms with Crippen LogP contribution in [0.1, 0.15) is 30.5 Å². The second kappa shape index (κ2) is 6.17. The summed E-state index contributed by atoms with van der Waals surface area (Å²) in [5.41, 5.74) is 8.60. The number of benzene rings is 1. The van der Waals surface area contributed by atoms with Gasteiger partial charge < -0.3 is 11.1 Å². The van der Waals surface area contributed by atoms with Gasteiger partial charge in [0.1, 0.15) is 0 Å². The number of hydrogen-bond acceptors (Lipinski definition) is 3. The zero-order chi connectivity index (χ0) is 13.8. The van der Waals surface area contributed by atoms with E-state index in [0.717, 1.165) is 19.5 Å². The molecule has 3 N–H and O–H groups in total. The first-order chi connectivity index (χ1) is 9.08. The van der Waals surface area contributed by atoms with Gasteiger partial charge in [0.25, 0.3) is 0 Å². The van der Waals surface area contributed by atoms with Crippen LogP contribution in [0, 0.1) is 6.92 Å². The van der Waals surface area contributed by atoms with E-state index in [4.69, 9.17) is 5.73 Å². The van der Waals surface area contributed by atoms with Crippen molar-refractivity contribution in [3.63, 3.8) is 0 Å². The van der Waals surface area contributed by atoms with Gasteiger partial charge in [0.2, 0.25) is 5.91 Å². The molecule has 1 aliphatic rings. The molecule has 0 aliphatic carbocycles. The van der Waals surface area contributed by atoms with Crippen molar-refractivity contribution in [3.05, 3.63) is 35.4 Å². The van der Waals surface area contributed by atoms with Crippen LogP contribution in [0.5, 0.6) is 0 Å². The van der Waals surface area contributed by atoms with Gasteiger partial charge in [0, 0.05) is 19.1 Å². The second-order valence-corrected chi connectivity index (χ2v) is 5.39. The number of hydrogen-bond donors (Lipinski definition) is 2. The van der Waals surface area contributed by atoms with Crippen molar-refractivity contribution < 1.29 is 4.79 Å². The Labute approximate surface area is 115 Å². The van der Waals surface area contributed by atoms with E-state index in [1.165, 1.54) is 11.1 Å². The molecule has 0 bridgehead atoms. The summed E-state index contributed by atoms with van der Waals surface area (Å²) in [6.07, 6.45) is 0.973. The molecule has 0 aromatic heterocycles. The zero-order valence-corrected chi connectivity index (χ0v) is 11.7. The van der Waals surface area contributed by atoms with Gasteiger partial charge in [0.15, 0.2) is 0 Å². The van der Waals surface area contributed by atoms with Gasteiger partial charge >= 0.3 is 0 Å². The summed E-state index contributed by atoms with van der Waals surface area (Å²) in [6.45, 7) is 6.18. The number of nitrogens with one attached hydrogen (secondary N) is 1. The summed E-state index contributed by atoms with van der Waals surface area (Å²) in [5.74, 6) is 0.0933. The third kappa shape index (κ3) is 3.55. The predicted octanol–water partition coefficient (Wildman–Crippen LogP) is 1.21. The first-order valence-electron chi connectivity index (χ1n) is 6.91. The maximum absolute atomic E-state index is 11.7.